The summed E-state index contributed by atoms with van der Waals surface area (Å²) in [5, 5.41) is 1.95. The molecule has 0 saturated heterocycles. The van der Waals surface area contributed by atoms with Gasteiger partial charge in [-0.2, -0.15) is 0 Å². The number of aromatic nitrogens is 2. The quantitative estimate of drug-likeness (QED) is 0.620. The molecule has 1 aliphatic rings. The van der Waals surface area contributed by atoms with Gasteiger partial charge in [-0.15, -0.1) is 11.3 Å². The Morgan fingerprint density at radius 1 is 1.45 bits per heavy atom. The minimum atomic E-state index is -0.319. The molecule has 3 rings (SSSR count). The number of aryl methyl sites for hydroxylation is 1. The van der Waals surface area contributed by atoms with Crippen LogP contribution in [-0.2, 0) is 4.74 Å². The molecule has 2 heterocycles. The average molecular weight is 353 g/mol. The van der Waals surface area contributed by atoms with Crippen LogP contribution < -0.4 is 0 Å². The van der Waals surface area contributed by atoms with Crippen LogP contribution in [0.25, 0.3) is 11.3 Å². The van der Waals surface area contributed by atoms with Gasteiger partial charge in [-0.05, 0) is 52.7 Å². The van der Waals surface area contributed by atoms with E-state index in [1.165, 1.54) is 18.4 Å². The molecule has 2 aromatic heterocycles. The lowest BCUT2D eigenvalue weighted by Gasteiger charge is -2.07. The Morgan fingerprint density at radius 3 is 2.85 bits per heavy atom. The zero-order valence-electron chi connectivity index (χ0n) is 11.1. The smallest absolute Gasteiger partial charge is 0.348 e. The van der Waals surface area contributed by atoms with E-state index in [0.29, 0.717) is 10.8 Å². The van der Waals surface area contributed by atoms with Crippen molar-refractivity contribution in [2.24, 2.45) is 0 Å². The van der Waals surface area contributed by atoms with E-state index in [1.807, 2.05) is 18.4 Å². The molecule has 0 bridgehead atoms. The summed E-state index contributed by atoms with van der Waals surface area (Å²) >= 11 is 4.82. The van der Waals surface area contributed by atoms with Crippen molar-refractivity contribution in [2.45, 2.75) is 25.7 Å². The van der Waals surface area contributed by atoms with Crippen molar-refractivity contribution in [2.75, 3.05) is 7.11 Å². The van der Waals surface area contributed by atoms with Gasteiger partial charge in [0, 0.05) is 11.5 Å². The predicted octanol–water partition coefficient (Wildman–Crippen LogP) is 3.94. The van der Waals surface area contributed by atoms with Gasteiger partial charge in [0.05, 0.1) is 12.8 Å². The first-order valence-corrected chi connectivity index (χ1v) is 7.98. The van der Waals surface area contributed by atoms with Crippen LogP contribution in [0.4, 0.5) is 0 Å². The number of hydrogen-bond acceptors (Lipinski definition) is 5. The van der Waals surface area contributed by atoms with Gasteiger partial charge in [0.2, 0.25) is 0 Å². The summed E-state index contributed by atoms with van der Waals surface area (Å²) in [5.74, 6) is 1.00. The molecule has 4 nitrogen and oxygen atoms in total. The Bertz CT molecular complexity index is 680. The molecule has 0 atom stereocenters. The number of halogens is 1. The van der Waals surface area contributed by atoms with Gasteiger partial charge in [-0.3, -0.25) is 0 Å². The van der Waals surface area contributed by atoms with E-state index in [4.69, 9.17) is 4.74 Å². The maximum Gasteiger partial charge on any atom is 0.348 e. The lowest BCUT2D eigenvalue weighted by atomic mass is 10.1. The zero-order valence-corrected chi connectivity index (χ0v) is 13.5. The molecule has 0 spiro atoms. The summed E-state index contributed by atoms with van der Waals surface area (Å²) in [5.41, 5.74) is 2.67. The number of carbonyl (C=O) groups excluding carboxylic acids is 1. The lowest BCUT2D eigenvalue weighted by molar-refractivity contribution is 0.0607. The highest BCUT2D eigenvalue weighted by molar-refractivity contribution is 9.10. The van der Waals surface area contributed by atoms with Crippen molar-refractivity contribution < 1.29 is 9.53 Å². The average Bonchev–Trinajstić information content (AvgIpc) is 3.20. The van der Waals surface area contributed by atoms with Gasteiger partial charge < -0.3 is 4.74 Å². The number of ether oxygens (including phenoxy) is 1. The van der Waals surface area contributed by atoms with Crippen molar-refractivity contribution in [3.8, 4) is 11.3 Å². The van der Waals surface area contributed by atoms with E-state index in [2.05, 4.69) is 25.9 Å². The molecule has 104 valence electrons. The van der Waals surface area contributed by atoms with Crippen LogP contribution in [0.3, 0.4) is 0 Å². The maximum atomic E-state index is 11.9. The minimum Gasteiger partial charge on any atom is -0.465 e. The molecule has 0 aliphatic heterocycles. The Morgan fingerprint density at radius 2 is 2.20 bits per heavy atom. The SMILES string of the molecule is COC(=O)c1scc(C)c1-c1cc(Br)nc(C2CC2)n1. The fraction of sp³-hybridized carbons (Fsp3) is 0.357. The van der Waals surface area contributed by atoms with Gasteiger partial charge in [-0.1, -0.05) is 0 Å². The van der Waals surface area contributed by atoms with E-state index in [1.54, 1.807) is 0 Å². The third-order valence-electron chi connectivity index (χ3n) is 3.26. The van der Waals surface area contributed by atoms with E-state index >= 15 is 0 Å². The minimum absolute atomic E-state index is 0.319. The molecule has 0 aromatic carbocycles. The third-order valence-corrected chi connectivity index (χ3v) is 4.74. The topological polar surface area (TPSA) is 52.1 Å². The zero-order chi connectivity index (χ0) is 14.3. The van der Waals surface area contributed by atoms with Gasteiger partial charge in [0.15, 0.2) is 0 Å². The molecule has 0 amide bonds. The first-order chi connectivity index (χ1) is 9.60. The Kier molecular flexibility index (Phi) is 3.60. The van der Waals surface area contributed by atoms with Crippen molar-refractivity contribution >= 4 is 33.2 Å². The molecular formula is C14H13BrN2O2S. The Labute approximate surface area is 129 Å². The second kappa shape index (κ2) is 5.26. The van der Waals surface area contributed by atoms with E-state index in [-0.39, 0.29) is 5.97 Å². The highest BCUT2D eigenvalue weighted by atomic mass is 79.9. The molecule has 1 aliphatic carbocycles. The second-order valence-electron chi connectivity index (χ2n) is 4.82. The molecule has 0 radical (unpaired) electrons. The number of thiophene rings is 1. The van der Waals surface area contributed by atoms with Gasteiger partial charge in [-0.25, -0.2) is 14.8 Å². The number of hydrogen-bond donors (Lipinski definition) is 0. The third kappa shape index (κ3) is 2.50. The molecular weight excluding hydrogens is 340 g/mol. The maximum absolute atomic E-state index is 11.9. The van der Waals surface area contributed by atoms with Crippen molar-refractivity contribution in [1.29, 1.82) is 0 Å². The molecule has 2 aromatic rings. The Balaban J connectivity index is 2.13. The highest BCUT2D eigenvalue weighted by Crippen LogP contribution is 2.40. The number of nitrogens with zero attached hydrogens (tertiary/aromatic N) is 2. The Hall–Kier alpha value is -1.27. The fourth-order valence-electron chi connectivity index (χ4n) is 2.09. The van der Waals surface area contributed by atoms with Crippen LogP contribution in [0.1, 0.15) is 39.8 Å². The summed E-state index contributed by atoms with van der Waals surface area (Å²) in [6.07, 6.45) is 2.28. The van der Waals surface area contributed by atoms with Crippen LogP contribution >= 0.6 is 27.3 Å². The number of esters is 1. The number of methoxy groups -OCH3 is 1. The van der Waals surface area contributed by atoms with Crippen molar-refractivity contribution in [3.63, 3.8) is 0 Å². The summed E-state index contributed by atoms with van der Waals surface area (Å²) in [6, 6.07) is 1.85. The van der Waals surface area contributed by atoms with Gasteiger partial charge in [0.1, 0.15) is 15.3 Å². The molecule has 0 unspecified atom stereocenters. The molecule has 0 N–H and O–H groups in total. The monoisotopic (exact) mass is 352 g/mol. The van der Waals surface area contributed by atoms with Crippen LogP contribution in [-0.4, -0.2) is 23.0 Å². The van der Waals surface area contributed by atoms with Gasteiger partial charge >= 0.3 is 5.97 Å². The van der Waals surface area contributed by atoms with E-state index < -0.39 is 0 Å². The largest absolute Gasteiger partial charge is 0.465 e. The summed E-state index contributed by atoms with van der Waals surface area (Å²) in [7, 11) is 1.40. The van der Waals surface area contributed by atoms with E-state index in [0.717, 1.165) is 40.1 Å². The number of rotatable bonds is 3. The summed E-state index contributed by atoms with van der Waals surface area (Å²) in [4.78, 5) is 21.5. The predicted molar refractivity (Wildman–Crippen MR) is 81.1 cm³/mol. The lowest BCUT2D eigenvalue weighted by Crippen LogP contribution is -2.03. The van der Waals surface area contributed by atoms with Gasteiger partial charge in [0.25, 0.3) is 0 Å². The summed E-state index contributed by atoms with van der Waals surface area (Å²) in [6.45, 7) is 1.98. The van der Waals surface area contributed by atoms with Crippen molar-refractivity contribution in [1.82, 2.24) is 9.97 Å². The first-order valence-electron chi connectivity index (χ1n) is 6.31. The summed E-state index contributed by atoms with van der Waals surface area (Å²) < 4.78 is 5.60. The first kappa shape index (κ1) is 13.7. The van der Waals surface area contributed by atoms with Crippen molar-refractivity contribution in [3.05, 3.63) is 32.3 Å². The second-order valence-corrected chi connectivity index (χ2v) is 6.51. The van der Waals surface area contributed by atoms with Crippen LogP contribution in [0.5, 0.6) is 0 Å². The standard InChI is InChI=1S/C14H13BrN2O2S/c1-7-6-20-12(14(18)19-2)11(7)9-5-10(15)17-13(16-9)8-3-4-8/h5-6,8H,3-4H2,1-2H3. The fourth-order valence-corrected chi connectivity index (χ4v) is 3.47. The van der Waals surface area contributed by atoms with Crippen LogP contribution in [0.2, 0.25) is 0 Å². The highest BCUT2D eigenvalue weighted by Gasteiger charge is 2.28. The normalized spacial score (nSPS) is 14.3. The number of carbonyl (C=O) groups is 1. The van der Waals surface area contributed by atoms with Crippen LogP contribution in [0.15, 0.2) is 16.0 Å². The van der Waals surface area contributed by atoms with Crippen LogP contribution in [0, 0.1) is 6.92 Å². The molecule has 1 saturated carbocycles. The molecule has 1 fully saturated rings. The van der Waals surface area contributed by atoms with E-state index in [9.17, 15) is 4.79 Å². The molecule has 20 heavy (non-hydrogen) atoms. The molecule has 6 heteroatoms.